The van der Waals surface area contributed by atoms with Gasteiger partial charge in [0.05, 0.1) is 0 Å². The zero-order valence-electron chi connectivity index (χ0n) is 6.78. The van der Waals surface area contributed by atoms with Gasteiger partial charge >= 0.3 is 5.97 Å². The lowest BCUT2D eigenvalue weighted by molar-refractivity contribution is -0.143. The van der Waals surface area contributed by atoms with Crippen LogP contribution in [0.4, 0.5) is 0 Å². The van der Waals surface area contributed by atoms with E-state index >= 15 is 0 Å². The van der Waals surface area contributed by atoms with Crippen molar-refractivity contribution in [3.63, 3.8) is 0 Å². The largest absolute Gasteiger partial charge is 0.480 e. The van der Waals surface area contributed by atoms with Gasteiger partial charge in [0, 0.05) is 0 Å². The van der Waals surface area contributed by atoms with Crippen molar-refractivity contribution in [3.05, 3.63) is 22.4 Å². The van der Waals surface area contributed by atoms with Crippen LogP contribution in [-0.4, -0.2) is 11.1 Å². The topological polar surface area (TPSA) is 63.3 Å². The Kier molecular flexibility index (Phi) is 2.49. The molecule has 0 aliphatic carbocycles. The van der Waals surface area contributed by atoms with Crippen molar-refractivity contribution in [2.45, 2.75) is 18.9 Å². The smallest absolute Gasteiger partial charge is 0.328 e. The second kappa shape index (κ2) is 3.25. The number of nitrogens with two attached hydrogens (primary N) is 1. The molecule has 1 aromatic rings. The molecule has 66 valence electrons. The van der Waals surface area contributed by atoms with Crippen LogP contribution in [0, 0.1) is 0 Å². The molecule has 0 saturated carbocycles. The molecular formula is C8H11NO2S. The monoisotopic (exact) mass is 185 g/mol. The van der Waals surface area contributed by atoms with Crippen LogP contribution in [-0.2, 0) is 10.3 Å². The summed E-state index contributed by atoms with van der Waals surface area (Å²) >= 11 is 1.46. The number of carboxylic acid groups (broad SMARTS) is 1. The van der Waals surface area contributed by atoms with Crippen LogP contribution in [0.2, 0.25) is 0 Å². The minimum atomic E-state index is -1.21. The summed E-state index contributed by atoms with van der Waals surface area (Å²) in [4.78, 5) is 10.8. The number of rotatable bonds is 3. The van der Waals surface area contributed by atoms with Gasteiger partial charge in [0.25, 0.3) is 0 Å². The van der Waals surface area contributed by atoms with Crippen LogP contribution in [0.3, 0.4) is 0 Å². The van der Waals surface area contributed by atoms with E-state index < -0.39 is 11.5 Å². The molecule has 0 bridgehead atoms. The Morgan fingerprint density at radius 3 is 2.83 bits per heavy atom. The van der Waals surface area contributed by atoms with Crippen LogP contribution in [0.15, 0.2) is 16.8 Å². The van der Waals surface area contributed by atoms with E-state index in [1.807, 2.05) is 5.38 Å². The minimum Gasteiger partial charge on any atom is -0.480 e. The van der Waals surface area contributed by atoms with Crippen molar-refractivity contribution < 1.29 is 9.90 Å². The highest BCUT2D eigenvalue weighted by molar-refractivity contribution is 7.08. The summed E-state index contributed by atoms with van der Waals surface area (Å²) in [6.45, 7) is 1.77. The van der Waals surface area contributed by atoms with Gasteiger partial charge in [-0.25, -0.2) is 4.79 Å². The fraction of sp³-hybridized carbons (Fsp3) is 0.375. The third kappa shape index (κ3) is 1.35. The first-order chi connectivity index (χ1) is 5.61. The van der Waals surface area contributed by atoms with E-state index in [9.17, 15) is 4.79 Å². The van der Waals surface area contributed by atoms with Crippen LogP contribution in [0.25, 0.3) is 0 Å². The van der Waals surface area contributed by atoms with E-state index in [1.165, 1.54) is 11.3 Å². The zero-order valence-corrected chi connectivity index (χ0v) is 7.60. The fourth-order valence-corrected chi connectivity index (χ4v) is 1.74. The van der Waals surface area contributed by atoms with Gasteiger partial charge in [0.1, 0.15) is 5.54 Å². The predicted molar refractivity (Wildman–Crippen MR) is 48.1 cm³/mol. The van der Waals surface area contributed by atoms with E-state index in [2.05, 4.69) is 0 Å². The summed E-state index contributed by atoms with van der Waals surface area (Å²) in [7, 11) is 0. The Morgan fingerprint density at radius 2 is 2.50 bits per heavy atom. The number of aliphatic carboxylic acids is 1. The lowest BCUT2D eigenvalue weighted by Gasteiger charge is -2.21. The molecule has 1 aromatic heterocycles. The summed E-state index contributed by atoms with van der Waals surface area (Å²) in [6, 6.07) is 1.75. The second-order valence-corrected chi connectivity index (χ2v) is 3.42. The van der Waals surface area contributed by atoms with E-state index in [0.29, 0.717) is 12.0 Å². The first-order valence-electron chi connectivity index (χ1n) is 3.66. The SMILES string of the molecule is CCC(N)(C(=O)O)c1ccsc1. The summed E-state index contributed by atoms with van der Waals surface area (Å²) < 4.78 is 0. The molecule has 0 aromatic carbocycles. The molecular weight excluding hydrogens is 174 g/mol. The average molecular weight is 185 g/mol. The summed E-state index contributed by atoms with van der Waals surface area (Å²) in [5.41, 5.74) is 5.19. The maximum Gasteiger partial charge on any atom is 0.328 e. The van der Waals surface area contributed by atoms with E-state index in [0.717, 1.165) is 0 Å². The highest BCUT2D eigenvalue weighted by atomic mass is 32.1. The van der Waals surface area contributed by atoms with Crippen LogP contribution >= 0.6 is 11.3 Å². The lowest BCUT2D eigenvalue weighted by Crippen LogP contribution is -2.43. The molecule has 1 rings (SSSR count). The quantitative estimate of drug-likeness (QED) is 0.748. The molecule has 4 heteroatoms. The third-order valence-electron chi connectivity index (χ3n) is 1.98. The first-order valence-corrected chi connectivity index (χ1v) is 4.60. The van der Waals surface area contributed by atoms with Crippen molar-refractivity contribution in [1.29, 1.82) is 0 Å². The molecule has 0 radical (unpaired) electrons. The summed E-state index contributed by atoms with van der Waals surface area (Å²) in [6.07, 6.45) is 0.402. The van der Waals surface area contributed by atoms with Gasteiger partial charge in [-0.15, -0.1) is 0 Å². The Labute approximate surface area is 74.8 Å². The van der Waals surface area contributed by atoms with Crippen LogP contribution in [0.5, 0.6) is 0 Å². The predicted octanol–water partition coefficient (Wildman–Crippen LogP) is 1.40. The van der Waals surface area contributed by atoms with Crippen molar-refractivity contribution in [3.8, 4) is 0 Å². The number of hydrogen-bond acceptors (Lipinski definition) is 3. The molecule has 0 aliphatic heterocycles. The molecule has 1 atom stereocenters. The second-order valence-electron chi connectivity index (χ2n) is 2.64. The molecule has 0 aliphatic rings. The number of carboxylic acids is 1. The number of hydrogen-bond donors (Lipinski definition) is 2. The molecule has 3 N–H and O–H groups in total. The van der Waals surface area contributed by atoms with Crippen molar-refractivity contribution in [2.75, 3.05) is 0 Å². The molecule has 1 heterocycles. The maximum atomic E-state index is 10.8. The summed E-state index contributed by atoms with van der Waals surface area (Å²) in [5.74, 6) is -0.969. The first kappa shape index (κ1) is 9.22. The highest BCUT2D eigenvalue weighted by Crippen LogP contribution is 2.24. The lowest BCUT2D eigenvalue weighted by atomic mass is 9.91. The Balaban J connectivity index is 3.04. The zero-order chi connectivity index (χ0) is 9.19. The Bertz CT molecular complexity index is 271. The van der Waals surface area contributed by atoms with E-state index in [1.54, 1.807) is 18.4 Å². The normalized spacial score (nSPS) is 15.5. The van der Waals surface area contributed by atoms with Gasteiger partial charge < -0.3 is 10.8 Å². The van der Waals surface area contributed by atoms with Crippen molar-refractivity contribution in [1.82, 2.24) is 0 Å². The maximum absolute atomic E-state index is 10.8. The molecule has 0 amide bonds. The van der Waals surface area contributed by atoms with Crippen molar-refractivity contribution in [2.24, 2.45) is 5.73 Å². The van der Waals surface area contributed by atoms with Crippen LogP contribution in [0.1, 0.15) is 18.9 Å². The standard InChI is InChI=1S/C8H11NO2S/c1-2-8(9,7(10)11)6-3-4-12-5-6/h3-5H,2,9H2,1H3,(H,10,11). The van der Waals surface area contributed by atoms with Gasteiger partial charge in [-0.1, -0.05) is 6.92 Å². The molecule has 1 unspecified atom stereocenters. The van der Waals surface area contributed by atoms with Gasteiger partial charge in [-0.05, 0) is 28.8 Å². The number of thiophene rings is 1. The Morgan fingerprint density at radius 1 is 1.83 bits per heavy atom. The number of carbonyl (C=O) groups is 1. The molecule has 0 spiro atoms. The van der Waals surface area contributed by atoms with E-state index in [4.69, 9.17) is 10.8 Å². The molecule has 0 saturated heterocycles. The minimum absolute atomic E-state index is 0.402. The fourth-order valence-electron chi connectivity index (χ4n) is 0.997. The van der Waals surface area contributed by atoms with Gasteiger partial charge in [-0.2, -0.15) is 11.3 Å². The molecule has 12 heavy (non-hydrogen) atoms. The summed E-state index contributed by atoms with van der Waals surface area (Å²) in [5, 5.41) is 12.5. The van der Waals surface area contributed by atoms with Crippen LogP contribution < -0.4 is 5.73 Å². The third-order valence-corrected chi connectivity index (χ3v) is 2.66. The van der Waals surface area contributed by atoms with E-state index in [-0.39, 0.29) is 0 Å². The van der Waals surface area contributed by atoms with Gasteiger partial charge in [-0.3, -0.25) is 0 Å². The Hall–Kier alpha value is -0.870. The highest BCUT2D eigenvalue weighted by Gasteiger charge is 2.34. The van der Waals surface area contributed by atoms with Gasteiger partial charge in [0.2, 0.25) is 0 Å². The average Bonchev–Trinajstić information content (AvgIpc) is 2.54. The van der Waals surface area contributed by atoms with Crippen molar-refractivity contribution >= 4 is 17.3 Å². The molecule has 3 nitrogen and oxygen atoms in total. The van der Waals surface area contributed by atoms with Gasteiger partial charge in [0.15, 0.2) is 0 Å². The molecule has 0 fully saturated rings.